The zero-order valence-corrected chi connectivity index (χ0v) is 14.4. The Morgan fingerprint density at radius 1 is 1.12 bits per heavy atom. The lowest BCUT2D eigenvalue weighted by Gasteiger charge is -2.16. The Hall–Kier alpha value is -2.59. The predicted molar refractivity (Wildman–Crippen MR) is 98.0 cm³/mol. The number of ether oxygens (including phenoxy) is 1. The van der Waals surface area contributed by atoms with E-state index in [9.17, 15) is 4.79 Å². The molecule has 0 saturated heterocycles. The van der Waals surface area contributed by atoms with Gasteiger partial charge in [-0.3, -0.25) is 4.79 Å². The Labute approximate surface area is 144 Å². The van der Waals surface area contributed by atoms with Crippen LogP contribution in [0.25, 0.3) is 10.4 Å². The van der Waals surface area contributed by atoms with Crippen molar-refractivity contribution < 1.29 is 9.53 Å². The van der Waals surface area contributed by atoms with Crippen LogP contribution >= 0.6 is 11.3 Å². The van der Waals surface area contributed by atoms with Crippen molar-refractivity contribution in [3.05, 3.63) is 70.1 Å². The number of amides is 1. The number of benzene rings is 2. The van der Waals surface area contributed by atoms with Crippen LogP contribution in [0, 0.1) is 13.8 Å². The molecule has 4 heteroatoms. The lowest BCUT2D eigenvalue weighted by Crippen LogP contribution is -2.11. The quantitative estimate of drug-likeness (QED) is 0.701. The van der Waals surface area contributed by atoms with E-state index in [1.807, 2.05) is 62.4 Å². The van der Waals surface area contributed by atoms with Gasteiger partial charge in [-0.2, -0.15) is 0 Å². The topological polar surface area (TPSA) is 38.3 Å². The van der Waals surface area contributed by atoms with Crippen LogP contribution in [-0.2, 0) is 6.61 Å². The van der Waals surface area contributed by atoms with E-state index >= 15 is 0 Å². The van der Waals surface area contributed by atoms with Gasteiger partial charge in [-0.1, -0.05) is 24.3 Å². The summed E-state index contributed by atoms with van der Waals surface area (Å²) in [6, 6.07) is 16.0. The van der Waals surface area contributed by atoms with Crippen molar-refractivity contribution in [3.8, 4) is 16.2 Å². The highest BCUT2D eigenvalue weighted by molar-refractivity contribution is 7.17. The molecule has 1 aliphatic rings. The van der Waals surface area contributed by atoms with E-state index in [4.69, 9.17) is 4.74 Å². The smallest absolute Gasteiger partial charge is 0.265 e. The second kappa shape index (κ2) is 5.80. The molecule has 4 rings (SSSR count). The first-order valence-electron chi connectivity index (χ1n) is 7.85. The van der Waals surface area contributed by atoms with E-state index in [0.717, 1.165) is 38.6 Å². The highest BCUT2D eigenvalue weighted by Crippen LogP contribution is 2.42. The zero-order valence-electron chi connectivity index (χ0n) is 13.6. The molecule has 24 heavy (non-hydrogen) atoms. The summed E-state index contributed by atoms with van der Waals surface area (Å²) in [5, 5.41) is 3.03. The minimum atomic E-state index is -0.0689. The van der Waals surface area contributed by atoms with Crippen LogP contribution in [0.15, 0.2) is 48.5 Å². The van der Waals surface area contributed by atoms with E-state index < -0.39 is 0 Å². The lowest BCUT2D eigenvalue weighted by atomic mass is 10.1. The molecule has 0 atom stereocenters. The first-order chi connectivity index (χ1) is 11.6. The minimum Gasteiger partial charge on any atom is -0.488 e. The number of carbonyl (C=O) groups excluding carboxylic acids is 1. The Morgan fingerprint density at radius 2 is 1.96 bits per heavy atom. The number of nitrogens with one attached hydrogen (secondary N) is 1. The molecule has 1 aromatic heterocycles. The van der Waals surface area contributed by atoms with Gasteiger partial charge in [0.1, 0.15) is 12.4 Å². The summed E-state index contributed by atoms with van der Waals surface area (Å²) in [6.07, 6.45) is 0. The third kappa shape index (κ3) is 2.59. The minimum absolute atomic E-state index is 0.0689. The number of fused-ring (bicyclic) bond motifs is 3. The van der Waals surface area contributed by atoms with Crippen LogP contribution in [0.3, 0.4) is 0 Å². The van der Waals surface area contributed by atoms with Gasteiger partial charge in [0, 0.05) is 21.7 Å². The number of rotatable bonds is 2. The van der Waals surface area contributed by atoms with Gasteiger partial charge in [0.25, 0.3) is 5.91 Å². The average Bonchev–Trinajstić information content (AvgIpc) is 3.03. The first-order valence-corrected chi connectivity index (χ1v) is 8.67. The molecule has 120 valence electrons. The molecule has 2 heterocycles. The summed E-state index contributed by atoms with van der Waals surface area (Å²) in [5.41, 5.74) is 5.19. The number of para-hydroxylation sites is 1. The molecule has 0 saturated carbocycles. The maximum Gasteiger partial charge on any atom is 0.265 e. The highest BCUT2D eigenvalue weighted by Gasteiger charge is 2.22. The van der Waals surface area contributed by atoms with Crippen molar-refractivity contribution in [2.75, 3.05) is 5.32 Å². The number of hydrogen-bond donors (Lipinski definition) is 1. The molecule has 1 amide bonds. The van der Waals surface area contributed by atoms with Gasteiger partial charge in [-0.15, -0.1) is 11.3 Å². The van der Waals surface area contributed by atoms with Crippen molar-refractivity contribution in [1.29, 1.82) is 0 Å². The van der Waals surface area contributed by atoms with Gasteiger partial charge < -0.3 is 10.1 Å². The molecule has 0 radical (unpaired) electrons. The van der Waals surface area contributed by atoms with Crippen LogP contribution in [0.5, 0.6) is 5.75 Å². The van der Waals surface area contributed by atoms with Crippen LogP contribution in [-0.4, -0.2) is 5.91 Å². The molecule has 0 bridgehead atoms. The zero-order chi connectivity index (χ0) is 16.7. The van der Waals surface area contributed by atoms with Crippen LogP contribution < -0.4 is 10.1 Å². The number of thiophene rings is 1. The van der Waals surface area contributed by atoms with Crippen molar-refractivity contribution in [2.45, 2.75) is 20.5 Å². The molecule has 3 nitrogen and oxygen atoms in total. The number of hydrogen-bond acceptors (Lipinski definition) is 3. The fraction of sp³-hybridized carbons (Fsp3) is 0.150. The van der Waals surface area contributed by atoms with Crippen LogP contribution in [0.2, 0.25) is 0 Å². The summed E-state index contributed by atoms with van der Waals surface area (Å²) in [4.78, 5) is 14.5. The van der Waals surface area contributed by atoms with Gasteiger partial charge in [-0.05, 0) is 49.2 Å². The largest absolute Gasteiger partial charge is 0.488 e. The number of anilines is 1. The normalized spacial score (nSPS) is 12.1. The van der Waals surface area contributed by atoms with E-state index in [-0.39, 0.29) is 5.91 Å². The summed E-state index contributed by atoms with van der Waals surface area (Å²) in [5.74, 6) is 0.814. The Kier molecular flexibility index (Phi) is 3.62. The predicted octanol–water partition coefficient (Wildman–Crippen LogP) is 5.18. The van der Waals surface area contributed by atoms with Crippen LogP contribution in [0.1, 0.15) is 26.4 Å². The Bertz CT molecular complexity index is 943. The van der Waals surface area contributed by atoms with Crippen molar-refractivity contribution in [2.24, 2.45) is 0 Å². The van der Waals surface area contributed by atoms with Gasteiger partial charge in [-0.25, -0.2) is 0 Å². The van der Waals surface area contributed by atoms with E-state index in [1.165, 1.54) is 11.3 Å². The van der Waals surface area contributed by atoms with Gasteiger partial charge >= 0.3 is 0 Å². The molecule has 1 aliphatic heterocycles. The summed E-state index contributed by atoms with van der Waals surface area (Å²) >= 11 is 1.52. The third-order valence-corrected chi connectivity index (χ3v) is 5.40. The molecule has 1 N–H and O–H groups in total. The second-order valence-electron chi connectivity index (χ2n) is 6.02. The van der Waals surface area contributed by atoms with E-state index in [2.05, 4.69) is 5.32 Å². The Morgan fingerprint density at radius 3 is 2.83 bits per heavy atom. The Balaban J connectivity index is 1.66. The van der Waals surface area contributed by atoms with Gasteiger partial charge in [0.2, 0.25) is 0 Å². The molecule has 0 fully saturated rings. The van der Waals surface area contributed by atoms with Crippen molar-refractivity contribution in [1.82, 2.24) is 0 Å². The van der Waals surface area contributed by atoms with Gasteiger partial charge in [0.15, 0.2) is 0 Å². The summed E-state index contributed by atoms with van der Waals surface area (Å²) in [7, 11) is 0. The second-order valence-corrected chi connectivity index (χ2v) is 7.07. The van der Waals surface area contributed by atoms with E-state index in [1.54, 1.807) is 0 Å². The van der Waals surface area contributed by atoms with E-state index in [0.29, 0.717) is 11.5 Å². The molecular formula is C20H17NO2S. The maximum atomic E-state index is 12.7. The number of aryl methyl sites for hydroxylation is 2. The van der Waals surface area contributed by atoms with Gasteiger partial charge in [0.05, 0.1) is 4.88 Å². The SMILES string of the molecule is Cc1ccc(C)c(NC(=O)c2cc3c(s2)-c2ccccc2OC3)c1. The molecule has 0 spiro atoms. The molecule has 3 aromatic rings. The summed E-state index contributed by atoms with van der Waals surface area (Å²) in [6.45, 7) is 4.53. The number of carbonyl (C=O) groups is 1. The van der Waals surface area contributed by atoms with Crippen molar-refractivity contribution >= 4 is 22.9 Å². The molecular weight excluding hydrogens is 318 g/mol. The fourth-order valence-corrected chi connectivity index (χ4v) is 3.96. The van der Waals surface area contributed by atoms with Crippen molar-refractivity contribution in [3.63, 3.8) is 0 Å². The molecule has 0 aliphatic carbocycles. The standard InChI is InChI=1S/C20H17NO2S/c1-12-7-8-13(2)16(9-12)21-20(22)18-10-14-11-23-17-6-4-3-5-15(17)19(14)24-18/h3-10H,11H2,1-2H3,(H,21,22). The van der Waals surface area contributed by atoms with Crippen LogP contribution in [0.4, 0.5) is 5.69 Å². The summed E-state index contributed by atoms with van der Waals surface area (Å²) < 4.78 is 5.77. The average molecular weight is 335 g/mol. The highest BCUT2D eigenvalue weighted by atomic mass is 32.1. The maximum absolute atomic E-state index is 12.7. The molecule has 0 unspecified atom stereocenters. The first kappa shape index (κ1) is 15.0. The third-order valence-electron chi connectivity index (χ3n) is 4.19. The molecule has 2 aromatic carbocycles. The monoisotopic (exact) mass is 335 g/mol. The fourth-order valence-electron chi connectivity index (χ4n) is 2.87. The lowest BCUT2D eigenvalue weighted by molar-refractivity contribution is 0.103.